The van der Waals surface area contributed by atoms with Crippen molar-refractivity contribution in [2.75, 3.05) is 6.61 Å². The molecule has 0 rings (SSSR count). The van der Waals surface area contributed by atoms with Crippen molar-refractivity contribution in [3.63, 3.8) is 0 Å². The largest absolute Gasteiger partial charge is 0.481 e. The zero-order valence-corrected chi connectivity index (χ0v) is 5.53. The Hall–Kier alpha value is -0.650. The fraction of sp³-hybridized carbons (Fsp3) is 0.800. The summed E-state index contributed by atoms with van der Waals surface area (Å²) in [4.78, 5) is 10.0. The molecule has 0 heterocycles. The maximum atomic E-state index is 10.0. The van der Waals surface area contributed by atoms with Gasteiger partial charge in [-0.05, 0) is 0 Å². The monoisotopic (exact) mass is 148 g/mol. The van der Waals surface area contributed by atoms with E-state index in [1.807, 2.05) is 0 Å². The summed E-state index contributed by atoms with van der Waals surface area (Å²) in [7, 11) is 0. The van der Waals surface area contributed by atoms with Gasteiger partial charge in [-0.25, -0.2) is 0 Å². The second kappa shape index (κ2) is 4.21. The molecular weight excluding hydrogens is 136 g/mol. The van der Waals surface area contributed by atoms with E-state index in [0.717, 1.165) is 0 Å². The molecule has 0 aliphatic rings. The normalized spacial score (nSPS) is 16.3. The minimum Gasteiger partial charge on any atom is -0.481 e. The number of rotatable bonds is 4. The molecule has 0 amide bonds. The summed E-state index contributed by atoms with van der Waals surface area (Å²) in [5, 5.41) is 16.6. The third-order valence-electron chi connectivity index (χ3n) is 1.17. The van der Waals surface area contributed by atoms with Crippen molar-refractivity contribution in [1.82, 2.24) is 0 Å². The van der Waals surface area contributed by atoms with E-state index < -0.39 is 18.1 Å². The molecule has 6 N–H and O–H groups in total. The van der Waals surface area contributed by atoms with Gasteiger partial charge in [0.1, 0.15) is 0 Å². The van der Waals surface area contributed by atoms with E-state index in [4.69, 9.17) is 21.7 Å². The quantitative estimate of drug-likeness (QED) is 0.372. The van der Waals surface area contributed by atoms with Gasteiger partial charge in [-0.3, -0.25) is 4.79 Å². The second-order valence-electron chi connectivity index (χ2n) is 2.11. The standard InChI is InChI=1S/C5H12N2O3/c6-3(1-5(9)10)4(7)2-8/h3-4,8H,1-2,6-7H2,(H,9,10)/t3-,4-/m1/s1. The number of nitrogens with two attached hydrogens (primary N) is 2. The minimum atomic E-state index is -1.00. The van der Waals surface area contributed by atoms with Crippen LogP contribution in [-0.4, -0.2) is 34.9 Å². The van der Waals surface area contributed by atoms with Gasteiger partial charge >= 0.3 is 5.97 Å². The van der Waals surface area contributed by atoms with Gasteiger partial charge < -0.3 is 21.7 Å². The number of carboxylic acid groups (broad SMARTS) is 1. The predicted octanol–water partition coefficient (Wildman–Crippen LogP) is -1.89. The van der Waals surface area contributed by atoms with Crippen LogP contribution in [-0.2, 0) is 4.79 Å². The van der Waals surface area contributed by atoms with Crippen LogP contribution in [0.3, 0.4) is 0 Å². The molecule has 60 valence electrons. The van der Waals surface area contributed by atoms with Crippen molar-refractivity contribution < 1.29 is 15.0 Å². The van der Waals surface area contributed by atoms with Gasteiger partial charge in [0, 0.05) is 12.1 Å². The first-order chi connectivity index (χ1) is 4.57. The molecule has 0 fully saturated rings. The van der Waals surface area contributed by atoms with Crippen LogP contribution in [0.15, 0.2) is 0 Å². The van der Waals surface area contributed by atoms with Crippen molar-refractivity contribution in [3.8, 4) is 0 Å². The van der Waals surface area contributed by atoms with Crippen molar-refractivity contribution in [3.05, 3.63) is 0 Å². The van der Waals surface area contributed by atoms with E-state index in [0.29, 0.717) is 0 Å². The summed E-state index contributed by atoms with van der Waals surface area (Å²) >= 11 is 0. The van der Waals surface area contributed by atoms with Crippen LogP contribution in [0.4, 0.5) is 0 Å². The number of aliphatic carboxylic acids is 1. The Bertz CT molecular complexity index is 117. The molecule has 0 saturated heterocycles. The average Bonchev–Trinajstić information content (AvgIpc) is 1.85. The first-order valence-electron chi connectivity index (χ1n) is 2.91. The number of carboxylic acids is 1. The molecule has 0 aromatic heterocycles. The Morgan fingerprint density at radius 3 is 2.20 bits per heavy atom. The van der Waals surface area contributed by atoms with Crippen LogP contribution < -0.4 is 11.5 Å². The Labute approximate surface area is 58.6 Å². The molecule has 2 atom stereocenters. The highest BCUT2D eigenvalue weighted by atomic mass is 16.4. The molecule has 10 heavy (non-hydrogen) atoms. The van der Waals surface area contributed by atoms with Crippen LogP contribution in [0.25, 0.3) is 0 Å². The van der Waals surface area contributed by atoms with Gasteiger partial charge in [-0.1, -0.05) is 0 Å². The van der Waals surface area contributed by atoms with Crippen molar-refractivity contribution >= 4 is 5.97 Å². The molecule has 0 aromatic carbocycles. The lowest BCUT2D eigenvalue weighted by molar-refractivity contribution is -0.137. The Balaban J connectivity index is 3.61. The zero-order valence-electron chi connectivity index (χ0n) is 5.53. The van der Waals surface area contributed by atoms with E-state index in [1.165, 1.54) is 0 Å². The van der Waals surface area contributed by atoms with Crippen LogP contribution in [0, 0.1) is 0 Å². The van der Waals surface area contributed by atoms with E-state index in [-0.39, 0.29) is 13.0 Å². The molecule has 0 radical (unpaired) electrons. The molecule has 5 heteroatoms. The van der Waals surface area contributed by atoms with Gasteiger partial charge in [0.2, 0.25) is 0 Å². The second-order valence-corrected chi connectivity index (χ2v) is 2.11. The van der Waals surface area contributed by atoms with Crippen molar-refractivity contribution in [1.29, 1.82) is 0 Å². The Morgan fingerprint density at radius 1 is 1.40 bits per heavy atom. The molecule has 0 spiro atoms. The van der Waals surface area contributed by atoms with Crippen LogP contribution in [0.1, 0.15) is 6.42 Å². The smallest absolute Gasteiger partial charge is 0.304 e. The third kappa shape index (κ3) is 3.39. The average molecular weight is 148 g/mol. The molecule has 0 saturated carbocycles. The highest BCUT2D eigenvalue weighted by Gasteiger charge is 2.14. The maximum absolute atomic E-state index is 10.0. The summed E-state index contributed by atoms with van der Waals surface area (Å²) in [6.45, 7) is -0.283. The first-order valence-corrected chi connectivity index (χ1v) is 2.91. The van der Waals surface area contributed by atoms with Gasteiger partial charge in [-0.2, -0.15) is 0 Å². The lowest BCUT2D eigenvalue weighted by Gasteiger charge is -2.14. The molecule has 0 aromatic rings. The maximum Gasteiger partial charge on any atom is 0.304 e. The lowest BCUT2D eigenvalue weighted by Crippen LogP contribution is -2.45. The van der Waals surface area contributed by atoms with Gasteiger partial charge in [0.05, 0.1) is 13.0 Å². The molecule has 0 aliphatic heterocycles. The fourth-order valence-electron chi connectivity index (χ4n) is 0.488. The highest BCUT2D eigenvalue weighted by Crippen LogP contribution is 1.91. The predicted molar refractivity (Wildman–Crippen MR) is 35.3 cm³/mol. The van der Waals surface area contributed by atoms with Crippen molar-refractivity contribution in [2.24, 2.45) is 11.5 Å². The SMILES string of the molecule is N[C@H](CO)[C@H](N)CC(=O)O. The Kier molecular flexibility index (Phi) is 3.94. The fourth-order valence-corrected chi connectivity index (χ4v) is 0.488. The topological polar surface area (TPSA) is 110 Å². The minimum absolute atomic E-state index is 0.207. The molecular formula is C5H12N2O3. The molecule has 0 unspecified atom stereocenters. The third-order valence-corrected chi connectivity index (χ3v) is 1.17. The van der Waals surface area contributed by atoms with Crippen LogP contribution >= 0.6 is 0 Å². The van der Waals surface area contributed by atoms with E-state index in [9.17, 15) is 4.79 Å². The summed E-state index contributed by atoms with van der Waals surface area (Å²) in [5.41, 5.74) is 10.5. The van der Waals surface area contributed by atoms with Crippen molar-refractivity contribution in [2.45, 2.75) is 18.5 Å². The van der Waals surface area contributed by atoms with E-state index >= 15 is 0 Å². The number of hydrogen-bond donors (Lipinski definition) is 4. The first kappa shape index (κ1) is 9.35. The lowest BCUT2D eigenvalue weighted by atomic mass is 10.1. The summed E-state index contributed by atoms with van der Waals surface area (Å²) in [5.74, 6) is -1.00. The summed E-state index contributed by atoms with van der Waals surface area (Å²) < 4.78 is 0. The van der Waals surface area contributed by atoms with E-state index in [2.05, 4.69) is 0 Å². The molecule has 0 bridgehead atoms. The number of carbonyl (C=O) groups is 1. The van der Waals surface area contributed by atoms with Crippen LogP contribution in [0.2, 0.25) is 0 Å². The van der Waals surface area contributed by atoms with Gasteiger partial charge in [-0.15, -0.1) is 0 Å². The number of hydrogen-bond acceptors (Lipinski definition) is 4. The zero-order chi connectivity index (χ0) is 8.15. The van der Waals surface area contributed by atoms with Gasteiger partial charge in [0.25, 0.3) is 0 Å². The van der Waals surface area contributed by atoms with E-state index in [1.54, 1.807) is 0 Å². The van der Waals surface area contributed by atoms with Crippen LogP contribution in [0.5, 0.6) is 0 Å². The molecule has 5 nitrogen and oxygen atoms in total. The highest BCUT2D eigenvalue weighted by molar-refractivity contribution is 5.67. The summed E-state index contributed by atoms with van der Waals surface area (Å²) in [6.07, 6.45) is -0.207. The summed E-state index contributed by atoms with van der Waals surface area (Å²) in [6, 6.07) is -1.31. The number of aliphatic hydroxyl groups excluding tert-OH is 1. The van der Waals surface area contributed by atoms with Gasteiger partial charge in [0.15, 0.2) is 0 Å². The number of aliphatic hydroxyl groups is 1. The molecule has 0 aliphatic carbocycles. The Morgan fingerprint density at radius 2 is 1.90 bits per heavy atom.